The lowest BCUT2D eigenvalue weighted by atomic mass is 9.96. The molecule has 0 radical (unpaired) electrons. The Morgan fingerprint density at radius 2 is 2.25 bits per heavy atom. The van der Waals surface area contributed by atoms with Crippen LogP contribution in [0, 0.1) is 0 Å². The summed E-state index contributed by atoms with van der Waals surface area (Å²) in [6.07, 6.45) is -0.315. The molecule has 3 N–H and O–H groups in total. The van der Waals surface area contributed by atoms with Gasteiger partial charge in [-0.1, -0.05) is 6.08 Å². The van der Waals surface area contributed by atoms with Gasteiger partial charge < -0.3 is 18.6 Å². The highest BCUT2D eigenvalue weighted by molar-refractivity contribution is 14.1. The lowest BCUT2D eigenvalue weighted by Crippen LogP contribution is -2.58. The van der Waals surface area contributed by atoms with E-state index in [1.54, 1.807) is 29.1 Å². The summed E-state index contributed by atoms with van der Waals surface area (Å²) in [6.45, 7) is 3.98. The first-order chi connectivity index (χ1) is 5.70. The third kappa shape index (κ3) is 1.97. The molecule has 1 aliphatic heterocycles. The third-order valence-electron chi connectivity index (χ3n) is 2.00. The van der Waals surface area contributed by atoms with Gasteiger partial charge in [0.05, 0.1) is 12.1 Å². The Balaban J connectivity index is 2.62. The van der Waals surface area contributed by atoms with Crippen LogP contribution >= 0.6 is 23.0 Å². The normalized spacial score (nSPS) is 42.6. The SMILES string of the molecule is C=C[C@H]1NC[C@@H](O)[C@H](OI)[C@H]1O. The van der Waals surface area contributed by atoms with Crippen molar-refractivity contribution in [1.82, 2.24) is 5.32 Å². The molecule has 0 unspecified atom stereocenters. The van der Waals surface area contributed by atoms with E-state index in [1.807, 2.05) is 0 Å². The van der Waals surface area contributed by atoms with Gasteiger partial charge in [0, 0.05) is 6.54 Å². The van der Waals surface area contributed by atoms with Crippen LogP contribution in [0.5, 0.6) is 0 Å². The van der Waals surface area contributed by atoms with Gasteiger partial charge in [0.15, 0.2) is 0 Å². The van der Waals surface area contributed by atoms with Crippen molar-refractivity contribution in [1.29, 1.82) is 0 Å². The molecule has 1 fully saturated rings. The number of piperidine rings is 1. The minimum absolute atomic E-state index is 0.201. The zero-order valence-corrected chi connectivity index (χ0v) is 8.64. The average molecular weight is 285 g/mol. The second-order valence-corrected chi connectivity index (χ2v) is 3.29. The first-order valence-corrected chi connectivity index (χ1v) is 4.58. The maximum absolute atomic E-state index is 9.58. The van der Waals surface area contributed by atoms with Gasteiger partial charge in [-0.05, 0) is 0 Å². The molecule has 5 heteroatoms. The lowest BCUT2D eigenvalue weighted by Gasteiger charge is -2.35. The van der Waals surface area contributed by atoms with Gasteiger partial charge in [-0.15, -0.1) is 6.58 Å². The molecule has 1 aliphatic rings. The van der Waals surface area contributed by atoms with E-state index in [1.165, 1.54) is 0 Å². The fourth-order valence-corrected chi connectivity index (χ4v) is 1.90. The predicted molar refractivity (Wildman–Crippen MR) is 52.9 cm³/mol. The van der Waals surface area contributed by atoms with Crippen molar-refractivity contribution in [2.24, 2.45) is 0 Å². The molecule has 0 saturated carbocycles. The molecule has 4 atom stereocenters. The monoisotopic (exact) mass is 285 g/mol. The third-order valence-corrected chi connectivity index (χ3v) is 2.59. The smallest absolute Gasteiger partial charge is 0.125 e. The summed E-state index contributed by atoms with van der Waals surface area (Å²) < 4.78 is 4.93. The summed E-state index contributed by atoms with van der Waals surface area (Å²) >= 11 is 1.68. The Morgan fingerprint density at radius 3 is 2.75 bits per heavy atom. The molecule has 0 aromatic carbocycles. The van der Waals surface area contributed by atoms with E-state index in [-0.39, 0.29) is 6.04 Å². The van der Waals surface area contributed by atoms with Gasteiger partial charge in [0.25, 0.3) is 0 Å². The van der Waals surface area contributed by atoms with Crippen LogP contribution in [0.3, 0.4) is 0 Å². The highest BCUT2D eigenvalue weighted by Gasteiger charge is 2.36. The highest BCUT2D eigenvalue weighted by atomic mass is 127. The number of aliphatic hydroxyl groups excluding tert-OH is 2. The summed E-state index contributed by atoms with van der Waals surface area (Å²) in [5.74, 6) is 0. The van der Waals surface area contributed by atoms with Crippen molar-refractivity contribution < 1.29 is 13.3 Å². The molecule has 1 heterocycles. The van der Waals surface area contributed by atoms with Crippen LogP contribution in [0.25, 0.3) is 0 Å². The van der Waals surface area contributed by atoms with E-state index in [0.29, 0.717) is 6.54 Å². The summed E-state index contributed by atoms with van der Waals surface area (Å²) in [7, 11) is 0. The largest absolute Gasteiger partial charge is 0.389 e. The summed E-state index contributed by atoms with van der Waals surface area (Å²) in [6, 6.07) is -0.201. The van der Waals surface area contributed by atoms with Crippen molar-refractivity contribution in [3.8, 4) is 0 Å². The highest BCUT2D eigenvalue weighted by Crippen LogP contribution is 2.16. The molecule has 1 rings (SSSR count). The Kier molecular flexibility index (Phi) is 3.91. The second-order valence-electron chi connectivity index (χ2n) is 2.78. The van der Waals surface area contributed by atoms with Crippen molar-refractivity contribution in [3.05, 3.63) is 12.7 Å². The van der Waals surface area contributed by atoms with E-state index in [2.05, 4.69) is 11.9 Å². The maximum atomic E-state index is 9.58. The Hall–Kier alpha value is 0.310. The van der Waals surface area contributed by atoms with Crippen LogP contribution in [-0.4, -0.2) is 41.1 Å². The van der Waals surface area contributed by atoms with Crippen LogP contribution in [0.2, 0.25) is 0 Å². The standard InChI is InChI=1S/C7H12INO3/c1-2-4-6(11)7(12-8)5(10)3-9-4/h2,4-7,9-11H,1,3H2/t4-,5-,6+,7+/m1/s1. The first kappa shape index (κ1) is 10.4. The Morgan fingerprint density at radius 1 is 1.58 bits per heavy atom. The molecule has 12 heavy (non-hydrogen) atoms. The van der Waals surface area contributed by atoms with E-state index in [9.17, 15) is 10.2 Å². The second kappa shape index (κ2) is 4.52. The maximum Gasteiger partial charge on any atom is 0.125 e. The van der Waals surface area contributed by atoms with Crippen molar-refractivity contribution in [3.63, 3.8) is 0 Å². The molecule has 70 valence electrons. The predicted octanol–water partition coefficient (Wildman–Crippen LogP) is -0.399. The molecule has 0 bridgehead atoms. The summed E-state index contributed by atoms with van der Waals surface area (Å²) in [5, 5.41) is 21.9. The van der Waals surface area contributed by atoms with Crippen LogP contribution in [0.15, 0.2) is 12.7 Å². The minimum atomic E-state index is -0.733. The average Bonchev–Trinajstić information content (AvgIpc) is 2.06. The van der Waals surface area contributed by atoms with Gasteiger partial charge in [-0.25, -0.2) is 0 Å². The topological polar surface area (TPSA) is 61.7 Å². The molecule has 0 spiro atoms. The van der Waals surface area contributed by atoms with Crippen molar-refractivity contribution >= 4 is 23.0 Å². The molecular weight excluding hydrogens is 273 g/mol. The van der Waals surface area contributed by atoms with Crippen molar-refractivity contribution in [2.75, 3.05) is 6.54 Å². The number of nitrogens with one attached hydrogen (secondary N) is 1. The van der Waals surface area contributed by atoms with Crippen molar-refractivity contribution in [2.45, 2.75) is 24.4 Å². The molecule has 0 amide bonds. The summed E-state index contributed by atoms with van der Waals surface area (Å²) in [4.78, 5) is 0. The fraction of sp³-hybridized carbons (Fsp3) is 0.714. The Bertz CT molecular complexity index is 167. The van der Waals surface area contributed by atoms with E-state index in [0.717, 1.165) is 0 Å². The van der Waals surface area contributed by atoms with E-state index < -0.39 is 18.3 Å². The zero-order chi connectivity index (χ0) is 9.14. The molecule has 0 aromatic rings. The van der Waals surface area contributed by atoms with Crippen LogP contribution in [0.1, 0.15) is 0 Å². The van der Waals surface area contributed by atoms with Gasteiger partial charge in [0.1, 0.15) is 35.2 Å². The van der Waals surface area contributed by atoms with Crippen LogP contribution in [0.4, 0.5) is 0 Å². The molecule has 0 aromatic heterocycles. The van der Waals surface area contributed by atoms with Crippen LogP contribution < -0.4 is 5.32 Å². The number of aliphatic hydroxyl groups is 2. The summed E-state index contributed by atoms with van der Waals surface area (Å²) in [5.41, 5.74) is 0. The van der Waals surface area contributed by atoms with Gasteiger partial charge >= 0.3 is 0 Å². The number of rotatable bonds is 2. The van der Waals surface area contributed by atoms with Gasteiger partial charge in [-0.2, -0.15) is 0 Å². The molecule has 4 nitrogen and oxygen atoms in total. The number of β-amino-alcohol motifs (C(OH)–C–C–N with tert-alkyl or cyclic N) is 1. The minimum Gasteiger partial charge on any atom is -0.389 e. The van der Waals surface area contributed by atoms with E-state index in [4.69, 9.17) is 3.07 Å². The molecular formula is C7H12INO3. The van der Waals surface area contributed by atoms with Crippen LogP contribution in [-0.2, 0) is 3.07 Å². The quantitative estimate of drug-likeness (QED) is 0.477. The molecule has 1 saturated heterocycles. The fourth-order valence-electron chi connectivity index (χ4n) is 1.26. The zero-order valence-electron chi connectivity index (χ0n) is 6.48. The van der Waals surface area contributed by atoms with E-state index >= 15 is 0 Å². The number of hydrogen-bond acceptors (Lipinski definition) is 4. The van der Waals surface area contributed by atoms with Gasteiger partial charge in [-0.3, -0.25) is 0 Å². The number of hydrogen-bond donors (Lipinski definition) is 3. The number of halogens is 1. The lowest BCUT2D eigenvalue weighted by molar-refractivity contribution is -0.0558. The molecule has 0 aliphatic carbocycles. The van der Waals surface area contributed by atoms with Gasteiger partial charge in [0.2, 0.25) is 0 Å². The first-order valence-electron chi connectivity index (χ1n) is 3.70. The Labute approximate surface area is 85.3 Å².